The van der Waals surface area contributed by atoms with Crippen LogP contribution in [0.1, 0.15) is 69.9 Å². The zero-order valence-corrected chi connectivity index (χ0v) is 19.6. The highest BCUT2D eigenvalue weighted by atomic mass is 32.1. The number of nitrogens with one attached hydrogen (secondary N) is 3. The number of alkyl halides is 3. The van der Waals surface area contributed by atoms with Crippen LogP contribution in [0.5, 0.6) is 0 Å². The molecule has 0 saturated carbocycles. The second-order valence-corrected chi connectivity index (χ2v) is 10.4. The lowest BCUT2D eigenvalue weighted by atomic mass is 9.95. The van der Waals surface area contributed by atoms with Crippen molar-refractivity contribution < 1.29 is 22.8 Å². The Morgan fingerprint density at radius 1 is 1.09 bits per heavy atom. The Morgan fingerprint density at radius 3 is 2.56 bits per heavy atom. The second kappa shape index (κ2) is 9.33. The lowest BCUT2D eigenvalue weighted by Crippen LogP contribution is -2.37. The number of anilines is 1. The number of aryl methyl sites for hydroxylation is 1. The molecule has 0 radical (unpaired) electrons. The van der Waals surface area contributed by atoms with Crippen LogP contribution in [0.3, 0.4) is 0 Å². The summed E-state index contributed by atoms with van der Waals surface area (Å²) in [7, 11) is 0. The van der Waals surface area contributed by atoms with Gasteiger partial charge < -0.3 is 16.0 Å². The number of halogens is 3. The molecule has 3 heterocycles. The predicted octanol–water partition coefficient (Wildman–Crippen LogP) is 3.45. The molecule has 11 heteroatoms. The third-order valence-corrected chi connectivity index (χ3v) is 8.07. The molecule has 0 bridgehead atoms. The number of rotatable bonds is 5. The van der Waals surface area contributed by atoms with Crippen LogP contribution in [-0.4, -0.2) is 40.7 Å². The summed E-state index contributed by atoms with van der Waals surface area (Å²) in [5, 5.41) is 13.4. The molecule has 184 valence electrons. The molecule has 1 fully saturated rings. The highest BCUT2D eigenvalue weighted by Crippen LogP contribution is 2.39. The van der Waals surface area contributed by atoms with E-state index >= 15 is 0 Å². The van der Waals surface area contributed by atoms with Crippen LogP contribution in [0.25, 0.3) is 0 Å². The summed E-state index contributed by atoms with van der Waals surface area (Å²) in [6.07, 6.45) is 2.24. The third-order valence-electron chi connectivity index (χ3n) is 6.87. The number of thiophene rings is 1. The van der Waals surface area contributed by atoms with Crippen molar-refractivity contribution in [2.45, 2.75) is 76.6 Å². The van der Waals surface area contributed by atoms with E-state index < -0.39 is 17.8 Å². The molecule has 0 aromatic carbocycles. The molecule has 1 aliphatic heterocycles. The number of nitrogens with zero attached hydrogens (tertiary/aromatic N) is 2. The van der Waals surface area contributed by atoms with E-state index in [4.69, 9.17) is 0 Å². The molecule has 1 saturated heterocycles. The smallest absolute Gasteiger partial charge is 0.348 e. The van der Waals surface area contributed by atoms with Crippen LogP contribution in [-0.2, 0) is 43.2 Å². The normalized spacial score (nSPS) is 20.0. The van der Waals surface area contributed by atoms with Gasteiger partial charge in [-0.25, -0.2) is 0 Å². The third kappa shape index (κ3) is 4.59. The summed E-state index contributed by atoms with van der Waals surface area (Å²) in [6.45, 7) is 1.25. The molecule has 2 aromatic heterocycles. The molecular formula is C23H28F3N5O2S. The van der Waals surface area contributed by atoms with Crippen molar-refractivity contribution in [3.05, 3.63) is 33.0 Å². The number of carbonyl (C=O) groups is 2. The zero-order valence-electron chi connectivity index (χ0n) is 18.8. The fourth-order valence-corrected chi connectivity index (χ4v) is 6.56. The van der Waals surface area contributed by atoms with Crippen LogP contribution in [0.15, 0.2) is 0 Å². The van der Waals surface area contributed by atoms with Crippen molar-refractivity contribution in [1.29, 1.82) is 0 Å². The van der Waals surface area contributed by atoms with Crippen LogP contribution >= 0.6 is 11.3 Å². The topological polar surface area (TPSA) is 88.0 Å². The van der Waals surface area contributed by atoms with Crippen LogP contribution in [0.4, 0.5) is 18.2 Å². The maximum atomic E-state index is 13.5. The summed E-state index contributed by atoms with van der Waals surface area (Å²) in [5.41, 5.74) is 1.32. The molecule has 2 aromatic rings. The van der Waals surface area contributed by atoms with Crippen LogP contribution in [0.2, 0.25) is 0 Å². The Morgan fingerprint density at radius 2 is 1.82 bits per heavy atom. The van der Waals surface area contributed by atoms with Crippen molar-refractivity contribution in [2.75, 3.05) is 18.4 Å². The van der Waals surface area contributed by atoms with Gasteiger partial charge in [-0.05, 0) is 69.9 Å². The largest absolute Gasteiger partial charge is 0.435 e. The highest BCUT2D eigenvalue weighted by Gasteiger charge is 2.39. The van der Waals surface area contributed by atoms with E-state index in [1.54, 1.807) is 0 Å². The highest BCUT2D eigenvalue weighted by molar-refractivity contribution is 7.17. The van der Waals surface area contributed by atoms with Gasteiger partial charge in [0.25, 0.3) is 5.91 Å². The van der Waals surface area contributed by atoms with Gasteiger partial charge in [0.15, 0.2) is 5.69 Å². The summed E-state index contributed by atoms with van der Waals surface area (Å²) in [5.74, 6) is -0.668. The van der Waals surface area contributed by atoms with E-state index in [9.17, 15) is 22.8 Å². The van der Waals surface area contributed by atoms with Crippen LogP contribution in [0, 0.1) is 0 Å². The zero-order chi connectivity index (χ0) is 23.9. The molecule has 2 amide bonds. The van der Waals surface area contributed by atoms with E-state index in [0.717, 1.165) is 55.5 Å². The first-order valence-corrected chi connectivity index (χ1v) is 12.7. The first-order chi connectivity index (χ1) is 16.3. The fraction of sp³-hybridized carbons (Fsp3) is 0.609. The van der Waals surface area contributed by atoms with Crippen LogP contribution < -0.4 is 16.0 Å². The molecular weight excluding hydrogens is 467 g/mol. The standard InChI is InChI=1S/C23H28F3N5O2S/c24-23(25,26)20-14-5-1-3-7-16(14)31(30-20)12-18(32)29-22-19(15-6-2-4-8-17(15)34-22)21(33)28-13-9-10-27-11-13/h13,27H,1-12H2,(H,28,33)(H,29,32)/t13-/m0/s1. The van der Waals surface area contributed by atoms with Gasteiger partial charge in [0.2, 0.25) is 5.91 Å². The van der Waals surface area contributed by atoms with Crippen molar-refractivity contribution in [3.63, 3.8) is 0 Å². The van der Waals surface area contributed by atoms with E-state index in [1.807, 2.05) is 0 Å². The predicted molar refractivity (Wildman–Crippen MR) is 122 cm³/mol. The summed E-state index contributed by atoms with van der Waals surface area (Å²) < 4.78 is 41.7. The number of hydrogen-bond donors (Lipinski definition) is 3. The van der Waals surface area contributed by atoms with Gasteiger partial charge in [-0.2, -0.15) is 18.3 Å². The van der Waals surface area contributed by atoms with E-state index in [2.05, 4.69) is 21.0 Å². The minimum absolute atomic E-state index is 0.0478. The molecule has 5 rings (SSSR count). The average Bonchev–Trinajstić information content (AvgIpc) is 3.51. The van der Waals surface area contributed by atoms with Crippen molar-refractivity contribution in [2.24, 2.45) is 0 Å². The molecule has 3 aliphatic rings. The van der Waals surface area contributed by atoms with Gasteiger partial charge in [0.1, 0.15) is 11.5 Å². The maximum absolute atomic E-state index is 13.5. The lowest BCUT2D eigenvalue weighted by Gasteiger charge is -2.16. The average molecular weight is 496 g/mol. The lowest BCUT2D eigenvalue weighted by molar-refractivity contribution is -0.142. The number of amides is 2. The molecule has 3 N–H and O–H groups in total. The molecule has 0 unspecified atom stereocenters. The van der Waals surface area contributed by atoms with Gasteiger partial charge in [0, 0.05) is 28.7 Å². The SMILES string of the molecule is O=C(Cn1nc(C(F)(F)F)c2c1CCCC2)Nc1sc2c(c1C(=O)N[C@H]1CCNC1)CCCC2. The Hall–Kier alpha value is -2.40. The number of fused-ring (bicyclic) bond motifs is 2. The Balaban J connectivity index is 1.38. The van der Waals surface area contributed by atoms with Gasteiger partial charge in [-0.3, -0.25) is 14.3 Å². The first kappa shape index (κ1) is 23.3. The molecule has 7 nitrogen and oxygen atoms in total. The van der Waals surface area contributed by atoms with Gasteiger partial charge in [0.05, 0.1) is 5.56 Å². The quantitative estimate of drug-likeness (QED) is 0.593. The fourth-order valence-electron chi connectivity index (χ4n) is 5.26. The Bertz CT molecular complexity index is 1100. The minimum atomic E-state index is -4.55. The van der Waals surface area contributed by atoms with Crippen molar-refractivity contribution in [1.82, 2.24) is 20.4 Å². The number of aromatic nitrogens is 2. The first-order valence-electron chi connectivity index (χ1n) is 11.9. The Kier molecular flexibility index (Phi) is 6.41. The molecule has 2 aliphatic carbocycles. The van der Waals surface area contributed by atoms with Gasteiger partial charge >= 0.3 is 6.18 Å². The van der Waals surface area contributed by atoms with Gasteiger partial charge in [-0.1, -0.05) is 0 Å². The number of carbonyl (C=O) groups excluding carboxylic acids is 2. The maximum Gasteiger partial charge on any atom is 0.435 e. The molecule has 34 heavy (non-hydrogen) atoms. The van der Waals surface area contributed by atoms with E-state index in [-0.39, 0.29) is 24.1 Å². The van der Waals surface area contributed by atoms with E-state index in [1.165, 1.54) is 16.0 Å². The monoisotopic (exact) mass is 495 g/mol. The summed E-state index contributed by atoms with van der Waals surface area (Å²) in [4.78, 5) is 27.2. The minimum Gasteiger partial charge on any atom is -0.348 e. The molecule has 1 atom stereocenters. The Labute approximate surface area is 199 Å². The summed E-state index contributed by atoms with van der Waals surface area (Å²) in [6, 6.07) is 0.0478. The van der Waals surface area contributed by atoms with Crippen molar-refractivity contribution >= 4 is 28.2 Å². The van der Waals surface area contributed by atoms with Gasteiger partial charge in [-0.15, -0.1) is 11.3 Å². The molecule has 0 spiro atoms. The number of hydrogen-bond acceptors (Lipinski definition) is 5. The van der Waals surface area contributed by atoms with Crippen molar-refractivity contribution in [3.8, 4) is 0 Å². The summed E-state index contributed by atoms with van der Waals surface area (Å²) >= 11 is 1.41. The second-order valence-electron chi connectivity index (χ2n) is 9.26. The van der Waals surface area contributed by atoms with E-state index in [0.29, 0.717) is 42.1 Å².